The molecule has 0 bridgehead atoms. The van der Waals surface area contributed by atoms with Crippen LogP contribution in [0, 0.1) is 11.3 Å². The van der Waals surface area contributed by atoms with Crippen molar-refractivity contribution in [2.75, 3.05) is 0 Å². The summed E-state index contributed by atoms with van der Waals surface area (Å²) >= 11 is 0. The number of amides is 1. The molecule has 0 saturated heterocycles. The Morgan fingerprint density at radius 1 is 1.38 bits per heavy atom. The molecule has 2 saturated carbocycles. The van der Waals surface area contributed by atoms with Crippen LogP contribution < -0.4 is 5.32 Å². The Morgan fingerprint density at radius 2 is 2.00 bits per heavy atom. The molecule has 74 valence electrons. The van der Waals surface area contributed by atoms with Crippen molar-refractivity contribution in [3.05, 3.63) is 0 Å². The van der Waals surface area contributed by atoms with Gasteiger partial charge in [-0.3, -0.25) is 4.79 Å². The van der Waals surface area contributed by atoms with Crippen LogP contribution in [0.3, 0.4) is 0 Å². The van der Waals surface area contributed by atoms with Crippen LogP contribution in [-0.4, -0.2) is 11.9 Å². The van der Waals surface area contributed by atoms with Gasteiger partial charge in [-0.2, -0.15) is 0 Å². The van der Waals surface area contributed by atoms with E-state index in [0.717, 1.165) is 0 Å². The summed E-state index contributed by atoms with van der Waals surface area (Å²) < 4.78 is 0. The van der Waals surface area contributed by atoms with Crippen LogP contribution in [0.2, 0.25) is 0 Å². The van der Waals surface area contributed by atoms with Gasteiger partial charge in [-0.15, -0.1) is 0 Å². The first-order chi connectivity index (χ1) is 6.11. The molecule has 1 N–H and O–H groups in total. The number of nitrogens with one attached hydrogen (secondary N) is 1. The molecule has 0 heterocycles. The molecule has 0 aromatic carbocycles. The van der Waals surface area contributed by atoms with Crippen molar-refractivity contribution in [3.63, 3.8) is 0 Å². The molecule has 2 heteroatoms. The van der Waals surface area contributed by atoms with Crippen molar-refractivity contribution in [1.82, 2.24) is 5.32 Å². The summed E-state index contributed by atoms with van der Waals surface area (Å²) in [6.07, 6.45) is 6.70. The van der Waals surface area contributed by atoms with E-state index in [1.54, 1.807) is 0 Å². The van der Waals surface area contributed by atoms with E-state index in [0.29, 0.717) is 11.5 Å². The molecule has 0 unspecified atom stereocenters. The highest BCUT2D eigenvalue weighted by Gasteiger charge is 2.48. The Balaban J connectivity index is 1.72. The summed E-state index contributed by atoms with van der Waals surface area (Å²) in [6.45, 7) is 3.90. The largest absolute Gasteiger partial charge is 0.353 e. The molecular formula is C11H19NO. The lowest BCUT2D eigenvalue weighted by molar-refractivity contribution is -0.127. The summed E-state index contributed by atoms with van der Waals surface area (Å²) in [5.74, 6) is 0.358. The molecule has 2 nitrogen and oxygen atoms in total. The van der Waals surface area contributed by atoms with Crippen LogP contribution in [-0.2, 0) is 4.79 Å². The second kappa shape index (κ2) is 3.00. The average Bonchev–Trinajstić information content (AvgIpc) is 1.90. The molecule has 0 aromatic rings. The molecule has 13 heavy (non-hydrogen) atoms. The zero-order chi connectivity index (χ0) is 9.47. The van der Waals surface area contributed by atoms with Gasteiger partial charge in [0.05, 0.1) is 0 Å². The number of carbonyl (C=O) groups excluding carboxylic acids is 1. The molecule has 2 rings (SSSR count). The fourth-order valence-corrected chi connectivity index (χ4v) is 2.54. The Bertz CT molecular complexity index is 210. The number of rotatable bonds is 2. The Hall–Kier alpha value is -0.530. The molecular weight excluding hydrogens is 162 g/mol. The molecule has 0 radical (unpaired) electrons. The molecule has 2 aliphatic rings. The molecule has 2 aliphatic carbocycles. The fraction of sp³-hybridized carbons (Fsp3) is 0.909. The quantitative estimate of drug-likeness (QED) is 0.694. The number of hydrogen-bond donors (Lipinski definition) is 1. The van der Waals surface area contributed by atoms with Crippen LogP contribution in [0.15, 0.2) is 0 Å². The Kier molecular flexibility index (Phi) is 2.09. The third kappa shape index (κ3) is 1.59. The van der Waals surface area contributed by atoms with E-state index in [2.05, 4.69) is 5.32 Å². The summed E-state index contributed by atoms with van der Waals surface area (Å²) in [4.78, 5) is 11.4. The van der Waals surface area contributed by atoms with Crippen molar-refractivity contribution in [2.24, 2.45) is 11.3 Å². The molecule has 2 fully saturated rings. The second-order valence-corrected chi connectivity index (χ2v) is 5.12. The highest BCUT2D eigenvalue weighted by molar-refractivity contribution is 5.78. The minimum Gasteiger partial charge on any atom is -0.353 e. The van der Waals surface area contributed by atoms with E-state index >= 15 is 0 Å². The lowest BCUT2D eigenvalue weighted by Crippen LogP contribution is -2.54. The zero-order valence-corrected chi connectivity index (χ0v) is 8.60. The van der Waals surface area contributed by atoms with Crippen molar-refractivity contribution in [3.8, 4) is 0 Å². The first-order valence-electron chi connectivity index (χ1n) is 5.42. The summed E-state index contributed by atoms with van der Waals surface area (Å²) in [6, 6.07) is 0.496. The highest BCUT2D eigenvalue weighted by atomic mass is 16.1. The van der Waals surface area contributed by atoms with E-state index in [1.165, 1.54) is 32.1 Å². The average molecular weight is 181 g/mol. The minimum absolute atomic E-state index is 0.137. The zero-order valence-electron chi connectivity index (χ0n) is 8.60. The third-order valence-electron chi connectivity index (χ3n) is 3.64. The first kappa shape index (κ1) is 9.04. The van der Waals surface area contributed by atoms with Crippen LogP contribution in [0.25, 0.3) is 0 Å². The van der Waals surface area contributed by atoms with Gasteiger partial charge in [-0.25, -0.2) is 0 Å². The lowest BCUT2D eigenvalue weighted by atomic mass is 9.54. The normalized spacial score (nSPS) is 25.5. The van der Waals surface area contributed by atoms with Crippen molar-refractivity contribution < 1.29 is 4.79 Å². The monoisotopic (exact) mass is 181 g/mol. The van der Waals surface area contributed by atoms with Crippen molar-refractivity contribution >= 4 is 5.91 Å². The van der Waals surface area contributed by atoms with Crippen LogP contribution in [0.4, 0.5) is 0 Å². The van der Waals surface area contributed by atoms with E-state index in [1.807, 2.05) is 13.8 Å². The van der Waals surface area contributed by atoms with Crippen molar-refractivity contribution in [2.45, 2.75) is 52.0 Å². The van der Waals surface area contributed by atoms with Crippen LogP contribution in [0.1, 0.15) is 46.0 Å². The van der Waals surface area contributed by atoms with Crippen LogP contribution >= 0.6 is 0 Å². The predicted octanol–water partition coefficient (Wildman–Crippen LogP) is 2.09. The molecule has 0 aliphatic heterocycles. The topological polar surface area (TPSA) is 29.1 Å². The predicted molar refractivity (Wildman–Crippen MR) is 52.3 cm³/mol. The van der Waals surface area contributed by atoms with Gasteiger partial charge in [-0.05, 0) is 31.1 Å². The number of hydrogen-bond acceptors (Lipinski definition) is 1. The SMILES string of the molecule is CC(C)C(=O)NC1CC2(CCC2)C1. The van der Waals surface area contributed by atoms with Gasteiger partial charge in [-0.1, -0.05) is 20.3 Å². The fourth-order valence-electron chi connectivity index (χ4n) is 2.54. The summed E-state index contributed by atoms with van der Waals surface area (Å²) in [5, 5.41) is 3.10. The second-order valence-electron chi connectivity index (χ2n) is 5.12. The van der Waals surface area contributed by atoms with E-state index in [4.69, 9.17) is 0 Å². The van der Waals surface area contributed by atoms with E-state index in [9.17, 15) is 4.79 Å². The standard InChI is InChI=1S/C11H19NO/c1-8(2)10(13)12-9-6-11(7-9)4-3-5-11/h8-9H,3-7H2,1-2H3,(H,12,13). The Labute approximate surface area is 80.1 Å². The molecule has 1 amide bonds. The van der Waals surface area contributed by atoms with Gasteiger partial charge < -0.3 is 5.32 Å². The maximum absolute atomic E-state index is 11.4. The Morgan fingerprint density at radius 3 is 2.38 bits per heavy atom. The van der Waals surface area contributed by atoms with Gasteiger partial charge in [0.1, 0.15) is 0 Å². The van der Waals surface area contributed by atoms with Gasteiger partial charge in [0.15, 0.2) is 0 Å². The maximum atomic E-state index is 11.4. The van der Waals surface area contributed by atoms with Gasteiger partial charge in [0.25, 0.3) is 0 Å². The summed E-state index contributed by atoms with van der Waals surface area (Å²) in [5.41, 5.74) is 0.676. The molecule has 1 spiro atoms. The smallest absolute Gasteiger partial charge is 0.222 e. The highest BCUT2D eigenvalue weighted by Crippen LogP contribution is 2.55. The number of carbonyl (C=O) groups is 1. The molecule has 0 aromatic heterocycles. The van der Waals surface area contributed by atoms with Crippen molar-refractivity contribution in [1.29, 1.82) is 0 Å². The van der Waals surface area contributed by atoms with Crippen LogP contribution in [0.5, 0.6) is 0 Å². The van der Waals surface area contributed by atoms with Gasteiger partial charge >= 0.3 is 0 Å². The maximum Gasteiger partial charge on any atom is 0.222 e. The first-order valence-corrected chi connectivity index (χ1v) is 5.42. The van der Waals surface area contributed by atoms with E-state index < -0.39 is 0 Å². The van der Waals surface area contributed by atoms with E-state index in [-0.39, 0.29) is 11.8 Å². The van der Waals surface area contributed by atoms with Gasteiger partial charge in [0.2, 0.25) is 5.91 Å². The van der Waals surface area contributed by atoms with Gasteiger partial charge in [0, 0.05) is 12.0 Å². The lowest BCUT2D eigenvalue weighted by Gasteiger charge is -2.54. The third-order valence-corrected chi connectivity index (χ3v) is 3.64. The molecule has 0 atom stereocenters. The summed E-state index contributed by atoms with van der Waals surface area (Å²) in [7, 11) is 0. The minimum atomic E-state index is 0.137.